The molecule has 0 aliphatic heterocycles. The van der Waals surface area contributed by atoms with Crippen molar-refractivity contribution in [3.05, 3.63) is 29.8 Å². The van der Waals surface area contributed by atoms with E-state index in [2.05, 4.69) is 19.1 Å². The van der Waals surface area contributed by atoms with Crippen LogP contribution in [0.5, 0.6) is 5.75 Å². The lowest BCUT2D eigenvalue weighted by Crippen LogP contribution is -2.21. The third kappa shape index (κ3) is 4.58. The Bertz CT molecular complexity index is 291. The second-order valence-corrected chi connectivity index (χ2v) is 4.57. The molecule has 0 saturated heterocycles. The Hall–Kier alpha value is -0.670. The maximum atomic E-state index is 5.85. The van der Waals surface area contributed by atoms with Crippen molar-refractivity contribution in [3.63, 3.8) is 0 Å². The van der Waals surface area contributed by atoms with E-state index in [1.807, 2.05) is 23.9 Å². The quantitative estimate of drug-likeness (QED) is 0.808. The largest absolute Gasteiger partial charge is 0.497 e. The fraction of sp³-hybridized carbons (Fsp3) is 0.500. The van der Waals surface area contributed by atoms with E-state index >= 15 is 0 Å². The lowest BCUT2D eigenvalue weighted by molar-refractivity contribution is 0.414. The van der Waals surface area contributed by atoms with Gasteiger partial charge in [-0.3, -0.25) is 0 Å². The maximum Gasteiger partial charge on any atom is 0.119 e. The minimum Gasteiger partial charge on any atom is -0.497 e. The molecule has 1 aromatic carbocycles. The first-order valence-electron chi connectivity index (χ1n) is 5.22. The van der Waals surface area contributed by atoms with Crippen LogP contribution in [-0.4, -0.2) is 18.9 Å². The third-order valence-corrected chi connectivity index (χ3v) is 3.46. The van der Waals surface area contributed by atoms with E-state index in [9.17, 15) is 0 Å². The average molecular weight is 225 g/mol. The second kappa shape index (κ2) is 6.75. The summed E-state index contributed by atoms with van der Waals surface area (Å²) in [6.45, 7) is 2.12. The normalized spacial score (nSPS) is 12.5. The van der Waals surface area contributed by atoms with Gasteiger partial charge < -0.3 is 10.5 Å². The van der Waals surface area contributed by atoms with Gasteiger partial charge in [0.1, 0.15) is 5.75 Å². The van der Waals surface area contributed by atoms with E-state index in [0.29, 0.717) is 6.04 Å². The van der Waals surface area contributed by atoms with Crippen LogP contribution >= 0.6 is 11.8 Å². The molecule has 84 valence electrons. The summed E-state index contributed by atoms with van der Waals surface area (Å²) in [5.41, 5.74) is 7.14. The summed E-state index contributed by atoms with van der Waals surface area (Å²) < 4.78 is 5.17. The molecule has 0 heterocycles. The minimum absolute atomic E-state index is 0.320. The molecule has 1 aromatic rings. The molecule has 0 saturated carbocycles. The monoisotopic (exact) mass is 225 g/mol. The van der Waals surface area contributed by atoms with Crippen molar-refractivity contribution < 1.29 is 4.74 Å². The Morgan fingerprint density at radius 2 is 2.27 bits per heavy atom. The topological polar surface area (TPSA) is 35.2 Å². The van der Waals surface area contributed by atoms with E-state index in [4.69, 9.17) is 10.5 Å². The van der Waals surface area contributed by atoms with Crippen LogP contribution in [-0.2, 0) is 5.75 Å². The van der Waals surface area contributed by atoms with Gasteiger partial charge in [0.2, 0.25) is 0 Å². The molecule has 0 fully saturated rings. The van der Waals surface area contributed by atoms with Crippen molar-refractivity contribution in [2.24, 2.45) is 5.73 Å². The molecule has 2 nitrogen and oxygen atoms in total. The minimum atomic E-state index is 0.320. The summed E-state index contributed by atoms with van der Waals surface area (Å²) in [5.74, 6) is 2.95. The van der Waals surface area contributed by atoms with Crippen molar-refractivity contribution in [1.29, 1.82) is 0 Å². The van der Waals surface area contributed by atoms with Crippen LogP contribution in [0.1, 0.15) is 18.9 Å². The number of nitrogens with two attached hydrogens (primary N) is 1. The number of rotatable bonds is 6. The molecule has 0 amide bonds. The van der Waals surface area contributed by atoms with Gasteiger partial charge in [0.05, 0.1) is 7.11 Å². The molecular formula is C12H19NOS. The van der Waals surface area contributed by atoms with Gasteiger partial charge in [-0.15, -0.1) is 0 Å². The third-order valence-electron chi connectivity index (χ3n) is 2.26. The first-order valence-corrected chi connectivity index (χ1v) is 6.38. The Labute approximate surface area is 96.2 Å². The number of benzene rings is 1. The SMILES string of the molecule is CCC(N)CSCc1cccc(OC)c1. The molecule has 1 rings (SSSR count). The van der Waals surface area contributed by atoms with Crippen LogP contribution in [0.3, 0.4) is 0 Å². The number of hydrogen-bond acceptors (Lipinski definition) is 3. The van der Waals surface area contributed by atoms with E-state index in [-0.39, 0.29) is 0 Å². The van der Waals surface area contributed by atoms with Crippen LogP contribution in [0.4, 0.5) is 0 Å². The zero-order valence-corrected chi connectivity index (χ0v) is 10.2. The Kier molecular flexibility index (Phi) is 5.58. The lowest BCUT2D eigenvalue weighted by atomic mass is 10.2. The highest BCUT2D eigenvalue weighted by atomic mass is 32.2. The second-order valence-electron chi connectivity index (χ2n) is 3.53. The van der Waals surface area contributed by atoms with Crippen LogP contribution in [0.15, 0.2) is 24.3 Å². The zero-order valence-electron chi connectivity index (χ0n) is 9.40. The van der Waals surface area contributed by atoms with Gasteiger partial charge in [0, 0.05) is 17.5 Å². The molecule has 1 unspecified atom stereocenters. The molecule has 1 atom stereocenters. The van der Waals surface area contributed by atoms with Gasteiger partial charge in [-0.05, 0) is 24.1 Å². The summed E-state index contributed by atoms with van der Waals surface area (Å²) in [6, 6.07) is 8.50. The predicted molar refractivity (Wildman–Crippen MR) is 67.4 cm³/mol. The molecular weight excluding hydrogens is 206 g/mol. The van der Waals surface area contributed by atoms with Gasteiger partial charge in [-0.2, -0.15) is 11.8 Å². The van der Waals surface area contributed by atoms with Crippen LogP contribution < -0.4 is 10.5 Å². The molecule has 0 aliphatic carbocycles. The Balaban J connectivity index is 2.37. The lowest BCUT2D eigenvalue weighted by Gasteiger charge is -2.08. The highest BCUT2D eigenvalue weighted by molar-refractivity contribution is 7.98. The number of methoxy groups -OCH3 is 1. The summed E-state index contributed by atoms with van der Waals surface area (Å²) in [7, 11) is 1.69. The fourth-order valence-corrected chi connectivity index (χ4v) is 2.28. The van der Waals surface area contributed by atoms with Crippen LogP contribution in [0, 0.1) is 0 Å². The highest BCUT2D eigenvalue weighted by Crippen LogP contribution is 2.18. The number of thioether (sulfide) groups is 1. The smallest absolute Gasteiger partial charge is 0.119 e. The van der Waals surface area contributed by atoms with Crippen molar-refractivity contribution in [3.8, 4) is 5.75 Å². The van der Waals surface area contributed by atoms with Gasteiger partial charge in [-0.25, -0.2) is 0 Å². The maximum absolute atomic E-state index is 5.85. The number of ether oxygens (including phenoxy) is 1. The predicted octanol–water partition coefficient (Wildman–Crippen LogP) is 2.67. The van der Waals surface area contributed by atoms with Gasteiger partial charge >= 0.3 is 0 Å². The van der Waals surface area contributed by atoms with E-state index in [1.165, 1.54) is 5.56 Å². The van der Waals surface area contributed by atoms with E-state index in [1.54, 1.807) is 7.11 Å². The zero-order chi connectivity index (χ0) is 11.1. The summed E-state index contributed by atoms with van der Waals surface area (Å²) in [6.07, 6.45) is 1.05. The summed E-state index contributed by atoms with van der Waals surface area (Å²) in [4.78, 5) is 0. The Morgan fingerprint density at radius 1 is 1.47 bits per heavy atom. The molecule has 0 bridgehead atoms. The molecule has 15 heavy (non-hydrogen) atoms. The molecule has 0 aliphatic rings. The first-order chi connectivity index (χ1) is 7.26. The molecule has 2 N–H and O–H groups in total. The summed E-state index contributed by atoms with van der Waals surface area (Å²) in [5, 5.41) is 0. The summed E-state index contributed by atoms with van der Waals surface area (Å²) >= 11 is 1.88. The molecule has 0 aromatic heterocycles. The van der Waals surface area contributed by atoms with Crippen molar-refractivity contribution in [1.82, 2.24) is 0 Å². The number of hydrogen-bond donors (Lipinski definition) is 1. The van der Waals surface area contributed by atoms with E-state index < -0.39 is 0 Å². The van der Waals surface area contributed by atoms with Crippen molar-refractivity contribution in [2.75, 3.05) is 12.9 Å². The fourth-order valence-electron chi connectivity index (χ4n) is 1.21. The molecule has 3 heteroatoms. The first kappa shape index (κ1) is 12.4. The van der Waals surface area contributed by atoms with E-state index in [0.717, 1.165) is 23.7 Å². The van der Waals surface area contributed by atoms with Crippen LogP contribution in [0.2, 0.25) is 0 Å². The highest BCUT2D eigenvalue weighted by Gasteiger charge is 2.00. The standard InChI is InChI=1S/C12H19NOS/c1-3-11(13)9-15-8-10-5-4-6-12(7-10)14-2/h4-7,11H,3,8-9,13H2,1-2H3. The van der Waals surface area contributed by atoms with Gasteiger partial charge in [-0.1, -0.05) is 19.1 Å². The van der Waals surface area contributed by atoms with Gasteiger partial charge in [0.15, 0.2) is 0 Å². The average Bonchev–Trinajstić information content (AvgIpc) is 2.29. The Morgan fingerprint density at radius 3 is 2.93 bits per heavy atom. The molecule has 0 radical (unpaired) electrons. The van der Waals surface area contributed by atoms with Crippen LogP contribution in [0.25, 0.3) is 0 Å². The molecule has 0 spiro atoms. The van der Waals surface area contributed by atoms with Gasteiger partial charge in [0.25, 0.3) is 0 Å². The van der Waals surface area contributed by atoms with Crippen molar-refractivity contribution >= 4 is 11.8 Å². The van der Waals surface area contributed by atoms with Crippen molar-refractivity contribution in [2.45, 2.75) is 25.1 Å².